The summed E-state index contributed by atoms with van der Waals surface area (Å²) < 4.78 is 18.3. The predicted molar refractivity (Wildman–Crippen MR) is 89.0 cm³/mol. The van der Waals surface area contributed by atoms with Crippen molar-refractivity contribution in [3.05, 3.63) is 71.5 Å². The van der Waals surface area contributed by atoms with Crippen molar-refractivity contribution < 1.29 is 23.6 Å². The maximum absolute atomic E-state index is 13.1. The van der Waals surface area contributed by atoms with Crippen molar-refractivity contribution >= 4 is 11.9 Å². The largest absolute Gasteiger partial charge is 0.477 e. The molecule has 0 unspecified atom stereocenters. The highest BCUT2D eigenvalue weighted by molar-refractivity contribution is 5.97. The summed E-state index contributed by atoms with van der Waals surface area (Å²) in [4.78, 5) is 27.8. The fourth-order valence-electron chi connectivity index (χ4n) is 2.45. The van der Waals surface area contributed by atoms with Crippen molar-refractivity contribution in [3.63, 3.8) is 0 Å². The van der Waals surface area contributed by atoms with Crippen LogP contribution in [0.1, 0.15) is 39.4 Å². The highest BCUT2D eigenvalue weighted by Crippen LogP contribution is 2.29. The van der Waals surface area contributed by atoms with E-state index in [1.165, 1.54) is 36.7 Å². The number of nitrogens with one attached hydrogen (secondary N) is 1. The van der Waals surface area contributed by atoms with Gasteiger partial charge in [0, 0.05) is 18.0 Å². The first kappa shape index (κ1) is 17.3. The molecule has 8 heteroatoms. The van der Waals surface area contributed by atoms with E-state index in [4.69, 9.17) is 4.52 Å². The van der Waals surface area contributed by atoms with Crippen LogP contribution in [0.2, 0.25) is 0 Å². The van der Waals surface area contributed by atoms with Crippen molar-refractivity contribution in [2.45, 2.75) is 13.0 Å². The summed E-state index contributed by atoms with van der Waals surface area (Å²) in [6.07, 6.45) is 2.93. The van der Waals surface area contributed by atoms with E-state index >= 15 is 0 Å². The minimum Gasteiger partial charge on any atom is -0.477 e. The monoisotopic (exact) mass is 355 g/mol. The minimum atomic E-state index is -1.26. The number of hydrogen-bond donors (Lipinski definition) is 2. The molecule has 0 saturated heterocycles. The Labute approximate surface area is 147 Å². The Morgan fingerprint density at radius 3 is 2.58 bits per heavy atom. The number of pyridine rings is 1. The van der Waals surface area contributed by atoms with Gasteiger partial charge in [0.2, 0.25) is 0 Å². The lowest BCUT2D eigenvalue weighted by Crippen LogP contribution is -2.27. The molecule has 7 nitrogen and oxygen atoms in total. The van der Waals surface area contributed by atoms with Crippen LogP contribution in [0.4, 0.5) is 4.39 Å². The van der Waals surface area contributed by atoms with Crippen LogP contribution >= 0.6 is 0 Å². The van der Waals surface area contributed by atoms with E-state index in [1.54, 1.807) is 19.1 Å². The SMILES string of the molecule is C[C@@H](NC(=O)c1cccnc1)c1onc(-c2ccc(F)cc2)c1C(=O)O. The van der Waals surface area contributed by atoms with Crippen LogP contribution in [0, 0.1) is 5.82 Å². The zero-order valence-electron chi connectivity index (χ0n) is 13.6. The van der Waals surface area contributed by atoms with E-state index < -0.39 is 23.7 Å². The van der Waals surface area contributed by atoms with Crippen LogP contribution in [0.3, 0.4) is 0 Å². The minimum absolute atomic E-state index is 0.00550. The van der Waals surface area contributed by atoms with Crippen LogP contribution in [0.15, 0.2) is 53.3 Å². The second-order valence-electron chi connectivity index (χ2n) is 5.52. The summed E-state index contributed by atoms with van der Waals surface area (Å²) >= 11 is 0. The number of aromatic nitrogens is 2. The molecular formula is C18H14FN3O4. The number of carboxylic acids is 1. The molecule has 0 radical (unpaired) electrons. The molecule has 3 rings (SSSR count). The Balaban J connectivity index is 1.91. The first-order valence-corrected chi connectivity index (χ1v) is 7.67. The fourth-order valence-corrected chi connectivity index (χ4v) is 2.45. The Hall–Kier alpha value is -3.55. The van der Waals surface area contributed by atoms with Gasteiger partial charge in [-0.1, -0.05) is 5.16 Å². The molecule has 0 aliphatic carbocycles. The van der Waals surface area contributed by atoms with Gasteiger partial charge in [0.05, 0.1) is 11.6 Å². The molecule has 132 valence electrons. The molecule has 26 heavy (non-hydrogen) atoms. The maximum Gasteiger partial charge on any atom is 0.341 e. The highest BCUT2D eigenvalue weighted by atomic mass is 19.1. The lowest BCUT2D eigenvalue weighted by molar-refractivity contribution is 0.0692. The van der Waals surface area contributed by atoms with Gasteiger partial charge in [-0.05, 0) is 43.3 Å². The standard InChI is InChI=1S/C18H14FN3O4/c1-10(21-17(23)12-3-2-8-20-9-12)16-14(18(24)25)15(22-26-16)11-4-6-13(19)7-5-11/h2-10H,1H3,(H,21,23)(H,24,25)/t10-/m1/s1. The second-order valence-corrected chi connectivity index (χ2v) is 5.52. The Kier molecular flexibility index (Phi) is 4.74. The molecule has 1 atom stereocenters. The van der Waals surface area contributed by atoms with Gasteiger partial charge in [-0.3, -0.25) is 9.78 Å². The van der Waals surface area contributed by atoms with Gasteiger partial charge >= 0.3 is 5.97 Å². The normalized spacial score (nSPS) is 11.8. The van der Waals surface area contributed by atoms with Crippen molar-refractivity contribution in [3.8, 4) is 11.3 Å². The zero-order chi connectivity index (χ0) is 18.7. The van der Waals surface area contributed by atoms with Crippen LogP contribution < -0.4 is 5.32 Å². The molecule has 0 bridgehead atoms. The average molecular weight is 355 g/mol. The van der Waals surface area contributed by atoms with Crippen LogP contribution in [-0.4, -0.2) is 27.1 Å². The molecule has 1 aromatic carbocycles. The van der Waals surface area contributed by atoms with Gasteiger partial charge in [0.15, 0.2) is 5.76 Å². The van der Waals surface area contributed by atoms with Crippen LogP contribution in [0.25, 0.3) is 11.3 Å². The van der Waals surface area contributed by atoms with Crippen molar-refractivity contribution in [1.29, 1.82) is 0 Å². The molecule has 0 fully saturated rings. The highest BCUT2D eigenvalue weighted by Gasteiger charge is 2.28. The summed E-state index contributed by atoms with van der Waals surface area (Å²) in [5.74, 6) is -2.15. The van der Waals surface area contributed by atoms with E-state index in [-0.39, 0.29) is 17.0 Å². The summed E-state index contributed by atoms with van der Waals surface area (Å²) in [6.45, 7) is 1.58. The summed E-state index contributed by atoms with van der Waals surface area (Å²) in [7, 11) is 0. The topological polar surface area (TPSA) is 105 Å². The van der Waals surface area contributed by atoms with Gasteiger partial charge in [-0.25, -0.2) is 9.18 Å². The van der Waals surface area contributed by atoms with Gasteiger partial charge in [-0.15, -0.1) is 0 Å². The lowest BCUT2D eigenvalue weighted by Gasteiger charge is -2.11. The third-order valence-electron chi connectivity index (χ3n) is 3.71. The number of aromatic carboxylic acids is 1. The molecule has 0 spiro atoms. The molecule has 2 heterocycles. The number of carbonyl (C=O) groups is 2. The van der Waals surface area contributed by atoms with E-state index in [0.717, 1.165) is 0 Å². The molecule has 0 aliphatic heterocycles. The quantitative estimate of drug-likeness (QED) is 0.729. The van der Waals surface area contributed by atoms with Gasteiger partial charge in [0.25, 0.3) is 5.91 Å². The number of nitrogens with zero attached hydrogens (tertiary/aromatic N) is 2. The van der Waals surface area contributed by atoms with Gasteiger partial charge in [-0.2, -0.15) is 0 Å². The van der Waals surface area contributed by atoms with Crippen molar-refractivity contribution in [1.82, 2.24) is 15.5 Å². The van der Waals surface area contributed by atoms with E-state index in [2.05, 4.69) is 15.5 Å². The third-order valence-corrected chi connectivity index (χ3v) is 3.71. The number of carboxylic acid groups (broad SMARTS) is 1. The molecule has 1 amide bonds. The number of halogens is 1. The molecule has 0 saturated carbocycles. The smallest absolute Gasteiger partial charge is 0.341 e. The second kappa shape index (κ2) is 7.14. The number of hydrogen-bond acceptors (Lipinski definition) is 5. The summed E-state index contributed by atoms with van der Waals surface area (Å²) in [5, 5.41) is 16.0. The molecule has 3 aromatic rings. The predicted octanol–water partition coefficient (Wildman–Crippen LogP) is 3.06. The summed E-state index contributed by atoms with van der Waals surface area (Å²) in [6, 6.07) is 7.65. The van der Waals surface area contributed by atoms with Crippen LogP contribution in [-0.2, 0) is 0 Å². The molecular weight excluding hydrogens is 341 g/mol. The Bertz CT molecular complexity index is 939. The fraction of sp³-hybridized carbons (Fsp3) is 0.111. The van der Waals surface area contributed by atoms with Gasteiger partial charge < -0.3 is 14.9 Å². The lowest BCUT2D eigenvalue weighted by atomic mass is 10.0. The number of amides is 1. The third kappa shape index (κ3) is 3.44. The van der Waals surface area contributed by atoms with E-state index in [1.807, 2.05) is 0 Å². The number of carbonyl (C=O) groups excluding carboxylic acids is 1. The average Bonchev–Trinajstić information content (AvgIpc) is 3.08. The van der Waals surface area contributed by atoms with Crippen LogP contribution in [0.5, 0.6) is 0 Å². The van der Waals surface area contributed by atoms with E-state index in [0.29, 0.717) is 11.1 Å². The first-order valence-electron chi connectivity index (χ1n) is 7.67. The first-order chi connectivity index (χ1) is 12.5. The van der Waals surface area contributed by atoms with Crippen molar-refractivity contribution in [2.24, 2.45) is 0 Å². The Morgan fingerprint density at radius 1 is 1.23 bits per heavy atom. The molecule has 0 aliphatic rings. The Morgan fingerprint density at radius 2 is 1.96 bits per heavy atom. The van der Waals surface area contributed by atoms with Crippen molar-refractivity contribution in [2.75, 3.05) is 0 Å². The van der Waals surface area contributed by atoms with E-state index in [9.17, 15) is 19.1 Å². The molecule has 2 aromatic heterocycles. The summed E-state index contributed by atoms with van der Waals surface area (Å²) in [5.41, 5.74) is 0.602. The zero-order valence-corrected chi connectivity index (χ0v) is 13.6. The number of benzene rings is 1. The van der Waals surface area contributed by atoms with Gasteiger partial charge in [0.1, 0.15) is 17.1 Å². The maximum atomic E-state index is 13.1. The molecule has 2 N–H and O–H groups in total. The number of rotatable bonds is 5.